The van der Waals surface area contributed by atoms with Crippen molar-refractivity contribution in [3.05, 3.63) is 82.5 Å². The molecule has 1 aliphatic heterocycles. The summed E-state index contributed by atoms with van der Waals surface area (Å²) in [5.74, 6) is -0.0913. The fourth-order valence-electron chi connectivity index (χ4n) is 3.83. The van der Waals surface area contributed by atoms with Crippen LogP contribution in [0.5, 0.6) is 5.75 Å². The highest BCUT2D eigenvalue weighted by atomic mass is 32.2. The predicted octanol–water partition coefficient (Wildman–Crippen LogP) is 5.17. The van der Waals surface area contributed by atoms with Crippen molar-refractivity contribution in [1.82, 2.24) is 9.47 Å². The number of nitrogens with zero attached hydrogens (tertiary/aromatic N) is 2. The number of ether oxygens (including phenoxy) is 1. The standard InChI is InChI=1S/C26H25N3O4S/c1-4-33-22-12-10-21(11-13-22)29-17(2)14-19(18(29)3)15-23-25(31)28(26(32)34-23)16-24(30)27-20-8-6-5-7-9-20/h5-15H,4,16H2,1-3H3,(H,27,30)/b23-15-. The van der Waals surface area contributed by atoms with E-state index in [9.17, 15) is 14.4 Å². The number of amides is 3. The van der Waals surface area contributed by atoms with E-state index in [4.69, 9.17) is 4.74 Å². The lowest BCUT2D eigenvalue weighted by molar-refractivity contribution is -0.127. The summed E-state index contributed by atoms with van der Waals surface area (Å²) < 4.78 is 7.60. The number of para-hydroxylation sites is 1. The molecule has 0 radical (unpaired) electrons. The van der Waals surface area contributed by atoms with Crippen LogP contribution in [0.15, 0.2) is 65.6 Å². The first-order chi connectivity index (χ1) is 16.4. The predicted molar refractivity (Wildman–Crippen MR) is 134 cm³/mol. The maximum atomic E-state index is 12.9. The van der Waals surface area contributed by atoms with Gasteiger partial charge < -0.3 is 14.6 Å². The zero-order chi connectivity index (χ0) is 24.2. The van der Waals surface area contributed by atoms with Crippen LogP contribution in [0.2, 0.25) is 0 Å². The Morgan fingerprint density at radius 1 is 1.06 bits per heavy atom. The molecule has 0 atom stereocenters. The first kappa shape index (κ1) is 23.4. The minimum atomic E-state index is -0.468. The summed E-state index contributed by atoms with van der Waals surface area (Å²) >= 11 is 0.845. The van der Waals surface area contributed by atoms with Crippen molar-refractivity contribution in [2.24, 2.45) is 0 Å². The number of anilines is 1. The van der Waals surface area contributed by atoms with Crippen LogP contribution < -0.4 is 10.1 Å². The van der Waals surface area contributed by atoms with Crippen molar-refractivity contribution in [2.75, 3.05) is 18.5 Å². The molecule has 7 nitrogen and oxygen atoms in total. The molecule has 1 aromatic heterocycles. The Kier molecular flexibility index (Phi) is 6.88. The number of hydrogen-bond donors (Lipinski definition) is 1. The first-order valence-electron chi connectivity index (χ1n) is 10.9. The minimum absolute atomic E-state index is 0.296. The number of aromatic nitrogens is 1. The summed E-state index contributed by atoms with van der Waals surface area (Å²) in [6.07, 6.45) is 1.72. The average molecular weight is 476 g/mol. The molecule has 1 aliphatic rings. The van der Waals surface area contributed by atoms with E-state index in [1.807, 2.05) is 57.2 Å². The summed E-state index contributed by atoms with van der Waals surface area (Å²) in [5.41, 5.74) is 4.36. The van der Waals surface area contributed by atoms with E-state index >= 15 is 0 Å². The van der Waals surface area contributed by atoms with Gasteiger partial charge in [0.05, 0.1) is 11.5 Å². The third kappa shape index (κ3) is 4.92. The summed E-state index contributed by atoms with van der Waals surface area (Å²) in [4.78, 5) is 39.0. The quantitative estimate of drug-likeness (QED) is 0.477. The fraction of sp³-hybridized carbons (Fsp3) is 0.192. The molecular weight excluding hydrogens is 450 g/mol. The van der Waals surface area contributed by atoms with Crippen LogP contribution in [-0.4, -0.2) is 39.7 Å². The summed E-state index contributed by atoms with van der Waals surface area (Å²) in [6.45, 7) is 6.17. The van der Waals surface area contributed by atoms with Crippen LogP contribution in [0.4, 0.5) is 10.5 Å². The van der Waals surface area contributed by atoms with E-state index in [0.29, 0.717) is 17.2 Å². The lowest BCUT2D eigenvalue weighted by atomic mass is 10.2. The lowest BCUT2D eigenvalue weighted by Gasteiger charge is -2.12. The maximum Gasteiger partial charge on any atom is 0.294 e. The number of nitrogens with one attached hydrogen (secondary N) is 1. The van der Waals surface area contributed by atoms with Crippen molar-refractivity contribution in [3.63, 3.8) is 0 Å². The van der Waals surface area contributed by atoms with E-state index < -0.39 is 17.1 Å². The van der Waals surface area contributed by atoms with E-state index in [0.717, 1.165) is 45.1 Å². The van der Waals surface area contributed by atoms with Gasteiger partial charge in [-0.15, -0.1) is 0 Å². The average Bonchev–Trinajstić information content (AvgIpc) is 3.24. The number of hydrogen-bond acceptors (Lipinski definition) is 5. The van der Waals surface area contributed by atoms with Gasteiger partial charge in [-0.3, -0.25) is 19.3 Å². The Labute approximate surface area is 202 Å². The molecule has 0 aliphatic carbocycles. The van der Waals surface area contributed by atoms with Gasteiger partial charge in [-0.25, -0.2) is 0 Å². The van der Waals surface area contributed by atoms with Crippen LogP contribution in [0.3, 0.4) is 0 Å². The van der Waals surface area contributed by atoms with Crippen LogP contribution in [-0.2, 0) is 9.59 Å². The number of carbonyl (C=O) groups excluding carboxylic acids is 3. The van der Waals surface area contributed by atoms with Crippen molar-refractivity contribution >= 4 is 40.6 Å². The third-order valence-electron chi connectivity index (χ3n) is 5.40. The minimum Gasteiger partial charge on any atom is -0.494 e. The molecule has 2 heterocycles. The number of carbonyl (C=O) groups is 3. The van der Waals surface area contributed by atoms with Gasteiger partial charge >= 0.3 is 0 Å². The molecule has 0 unspecified atom stereocenters. The van der Waals surface area contributed by atoms with Gasteiger partial charge in [0.2, 0.25) is 5.91 Å². The van der Waals surface area contributed by atoms with E-state index in [-0.39, 0.29) is 6.54 Å². The molecule has 1 saturated heterocycles. The molecule has 1 N–H and O–H groups in total. The van der Waals surface area contributed by atoms with Gasteiger partial charge in [-0.1, -0.05) is 18.2 Å². The van der Waals surface area contributed by atoms with Crippen LogP contribution in [0.1, 0.15) is 23.9 Å². The SMILES string of the molecule is CCOc1ccc(-n2c(C)cc(/C=C3\SC(=O)N(CC(=O)Nc4ccccc4)C3=O)c2C)cc1. The Balaban J connectivity index is 1.52. The van der Waals surface area contributed by atoms with Crippen LogP contribution >= 0.6 is 11.8 Å². The number of thioether (sulfide) groups is 1. The van der Waals surface area contributed by atoms with Gasteiger partial charge in [0, 0.05) is 22.8 Å². The molecule has 4 rings (SSSR count). The maximum absolute atomic E-state index is 12.9. The number of imide groups is 1. The second-order valence-electron chi connectivity index (χ2n) is 7.77. The summed E-state index contributed by atoms with van der Waals surface area (Å²) in [6, 6.07) is 18.7. The summed E-state index contributed by atoms with van der Waals surface area (Å²) in [5, 5.41) is 2.24. The van der Waals surface area contributed by atoms with E-state index in [1.54, 1.807) is 30.3 Å². The zero-order valence-corrected chi connectivity index (χ0v) is 20.0. The third-order valence-corrected chi connectivity index (χ3v) is 6.30. The molecule has 0 saturated carbocycles. The van der Waals surface area contributed by atoms with Crippen molar-refractivity contribution in [1.29, 1.82) is 0 Å². The molecule has 3 amide bonds. The Hall–Kier alpha value is -3.78. The van der Waals surface area contributed by atoms with E-state index in [1.165, 1.54) is 0 Å². The second kappa shape index (κ2) is 10.0. The smallest absolute Gasteiger partial charge is 0.294 e. The molecule has 0 spiro atoms. The Morgan fingerprint density at radius 3 is 2.44 bits per heavy atom. The molecular formula is C26H25N3O4S. The van der Waals surface area contributed by atoms with Gasteiger partial charge in [0.25, 0.3) is 11.1 Å². The number of benzene rings is 2. The Morgan fingerprint density at radius 2 is 1.76 bits per heavy atom. The van der Waals surface area contributed by atoms with Crippen LogP contribution in [0.25, 0.3) is 11.8 Å². The van der Waals surface area contributed by atoms with Crippen molar-refractivity contribution < 1.29 is 19.1 Å². The molecule has 34 heavy (non-hydrogen) atoms. The van der Waals surface area contributed by atoms with Gasteiger partial charge in [-0.2, -0.15) is 0 Å². The molecule has 0 bridgehead atoms. The van der Waals surface area contributed by atoms with Crippen molar-refractivity contribution in [3.8, 4) is 11.4 Å². The van der Waals surface area contributed by atoms with Gasteiger partial charge in [0.15, 0.2) is 0 Å². The zero-order valence-electron chi connectivity index (χ0n) is 19.2. The molecule has 2 aromatic carbocycles. The fourth-order valence-corrected chi connectivity index (χ4v) is 4.66. The number of rotatable bonds is 7. The summed E-state index contributed by atoms with van der Waals surface area (Å²) in [7, 11) is 0. The van der Waals surface area contributed by atoms with Crippen LogP contribution in [0, 0.1) is 13.8 Å². The van der Waals surface area contributed by atoms with Gasteiger partial charge in [0.1, 0.15) is 12.3 Å². The Bertz CT molecular complexity index is 1260. The monoisotopic (exact) mass is 475 g/mol. The van der Waals surface area contributed by atoms with Crippen molar-refractivity contribution in [2.45, 2.75) is 20.8 Å². The lowest BCUT2D eigenvalue weighted by Crippen LogP contribution is -2.36. The highest BCUT2D eigenvalue weighted by molar-refractivity contribution is 8.18. The molecule has 1 fully saturated rings. The topological polar surface area (TPSA) is 80.6 Å². The highest BCUT2D eigenvalue weighted by Gasteiger charge is 2.36. The first-order valence-corrected chi connectivity index (χ1v) is 11.7. The number of aryl methyl sites for hydroxylation is 1. The largest absolute Gasteiger partial charge is 0.494 e. The van der Waals surface area contributed by atoms with Gasteiger partial charge in [-0.05, 0) is 86.6 Å². The molecule has 3 aromatic rings. The normalized spacial score (nSPS) is 14.7. The molecule has 174 valence electrons. The second-order valence-corrected chi connectivity index (χ2v) is 8.76. The molecule has 8 heteroatoms. The van der Waals surface area contributed by atoms with E-state index in [2.05, 4.69) is 9.88 Å². The highest BCUT2D eigenvalue weighted by Crippen LogP contribution is 2.34.